The number of carbonyl (C=O) groups is 1. The first kappa shape index (κ1) is 20.6. The fraction of sp³-hybridized carbons (Fsp3) is 0.304. The highest BCUT2D eigenvalue weighted by Gasteiger charge is 2.32. The van der Waals surface area contributed by atoms with Crippen molar-refractivity contribution in [2.45, 2.75) is 12.3 Å². The maximum absolute atomic E-state index is 13.0. The van der Waals surface area contributed by atoms with Crippen molar-refractivity contribution in [3.63, 3.8) is 0 Å². The van der Waals surface area contributed by atoms with Gasteiger partial charge in [-0.2, -0.15) is 0 Å². The maximum Gasteiger partial charge on any atom is 0.257 e. The summed E-state index contributed by atoms with van der Waals surface area (Å²) >= 11 is 0. The number of hydrogen-bond donors (Lipinski definition) is 1. The number of benzene rings is 1. The van der Waals surface area contributed by atoms with E-state index < -0.39 is 0 Å². The molecule has 3 aromatic rings. The molecule has 1 aliphatic heterocycles. The number of pyridine rings is 1. The monoisotopic (exact) mass is 418 g/mol. The van der Waals surface area contributed by atoms with E-state index in [-0.39, 0.29) is 17.6 Å². The number of anilines is 2. The molecule has 0 aliphatic carbocycles. The summed E-state index contributed by atoms with van der Waals surface area (Å²) in [4.78, 5) is 30.1. The quantitative estimate of drug-likeness (QED) is 0.680. The van der Waals surface area contributed by atoms with Crippen molar-refractivity contribution in [3.05, 3.63) is 60.0 Å². The first-order valence-corrected chi connectivity index (χ1v) is 10.2. The van der Waals surface area contributed by atoms with Crippen LogP contribution in [0.4, 0.5) is 11.8 Å². The first-order chi connectivity index (χ1) is 15.0. The molecule has 4 rings (SSSR count). The lowest BCUT2D eigenvalue weighted by atomic mass is 9.96. The fourth-order valence-electron chi connectivity index (χ4n) is 3.84. The third-order valence-corrected chi connectivity index (χ3v) is 5.54. The summed E-state index contributed by atoms with van der Waals surface area (Å²) in [5.74, 6) is 1.70. The van der Waals surface area contributed by atoms with Gasteiger partial charge in [-0.05, 0) is 36.2 Å². The van der Waals surface area contributed by atoms with E-state index in [1.807, 2.05) is 54.4 Å². The number of nitrogens with two attached hydrogens (primary N) is 1. The van der Waals surface area contributed by atoms with E-state index in [0.717, 1.165) is 29.0 Å². The molecule has 0 bridgehead atoms. The van der Waals surface area contributed by atoms with Crippen LogP contribution in [0.25, 0.3) is 11.1 Å². The van der Waals surface area contributed by atoms with Gasteiger partial charge in [0.2, 0.25) is 5.95 Å². The summed E-state index contributed by atoms with van der Waals surface area (Å²) in [6.45, 7) is 1.21. The number of ether oxygens (including phenoxy) is 1. The second-order valence-corrected chi connectivity index (χ2v) is 7.76. The average molecular weight is 419 g/mol. The summed E-state index contributed by atoms with van der Waals surface area (Å²) in [6.07, 6.45) is 4.27. The van der Waals surface area contributed by atoms with Crippen molar-refractivity contribution in [2.24, 2.45) is 0 Å². The SMILES string of the molecule is COc1ccc(-c2cnc(N(C)C)nc2C2CCN(C(=O)c3cccnc3N)C2)cc1. The molecule has 1 amide bonds. The van der Waals surface area contributed by atoms with Crippen LogP contribution >= 0.6 is 0 Å². The van der Waals surface area contributed by atoms with Crippen molar-refractivity contribution >= 4 is 17.7 Å². The number of rotatable bonds is 5. The van der Waals surface area contributed by atoms with E-state index in [1.54, 1.807) is 25.4 Å². The van der Waals surface area contributed by atoms with Crippen LogP contribution in [0.5, 0.6) is 5.75 Å². The molecule has 2 aromatic heterocycles. The average Bonchev–Trinajstić information content (AvgIpc) is 3.29. The van der Waals surface area contributed by atoms with E-state index in [0.29, 0.717) is 24.6 Å². The van der Waals surface area contributed by atoms with Crippen molar-refractivity contribution in [3.8, 4) is 16.9 Å². The molecule has 0 saturated carbocycles. The van der Waals surface area contributed by atoms with Gasteiger partial charge in [0.05, 0.1) is 18.4 Å². The minimum absolute atomic E-state index is 0.0963. The summed E-state index contributed by atoms with van der Waals surface area (Å²) in [6, 6.07) is 11.3. The lowest BCUT2D eigenvalue weighted by molar-refractivity contribution is 0.0791. The van der Waals surface area contributed by atoms with Crippen LogP contribution in [-0.4, -0.2) is 60.1 Å². The molecule has 1 saturated heterocycles. The van der Waals surface area contributed by atoms with Gasteiger partial charge in [-0.3, -0.25) is 4.79 Å². The van der Waals surface area contributed by atoms with Gasteiger partial charge in [0.15, 0.2) is 0 Å². The van der Waals surface area contributed by atoms with E-state index in [2.05, 4.69) is 9.97 Å². The molecule has 160 valence electrons. The van der Waals surface area contributed by atoms with Crippen LogP contribution < -0.4 is 15.4 Å². The van der Waals surface area contributed by atoms with Gasteiger partial charge in [-0.15, -0.1) is 0 Å². The molecule has 8 nitrogen and oxygen atoms in total. The molecule has 3 heterocycles. The van der Waals surface area contributed by atoms with Crippen molar-refractivity contribution in [2.75, 3.05) is 44.9 Å². The Kier molecular flexibility index (Phi) is 5.70. The number of likely N-dealkylation sites (tertiary alicyclic amines) is 1. The second-order valence-electron chi connectivity index (χ2n) is 7.76. The number of carbonyl (C=O) groups excluding carboxylic acids is 1. The molecule has 2 N–H and O–H groups in total. The Morgan fingerprint density at radius 1 is 1.19 bits per heavy atom. The molecule has 31 heavy (non-hydrogen) atoms. The molecular weight excluding hydrogens is 392 g/mol. The Hall–Kier alpha value is -3.68. The smallest absolute Gasteiger partial charge is 0.257 e. The zero-order valence-electron chi connectivity index (χ0n) is 17.9. The highest BCUT2D eigenvalue weighted by Crippen LogP contribution is 2.35. The predicted molar refractivity (Wildman–Crippen MR) is 120 cm³/mol. The van der Waals surface area contributed by atoms with Crippen molar-refractivity contribution in [1.29, 1.82) is 0 Å². The zero-order chi connectivity index (χ0) is 22.0. The molecule has 8 heteroatoms. The number of nitrogen functional groups attached to an aromatic ring is 1. The molecule has 1 fully saturated rings. The topological polar surface area (TPSA) is 97.5 Å². The molecule has 0 radical (unpaired) electrons. The molecule has 0 spiro atoms. The van der Waals surface area contributed by atoms with Crippen LogP contribution in [0, 0.1) is 0 Å². The fourth-order valence-corrected chi connectivity index (χ4v) is 3.84. The Labute approximate surface area is 181 Å². The largest absolute Gasteiger partial charge is 0.497 e. The normalized spacial score (nSPS) is 15.7. The first-order valence-electron chi connectivity index (χ1n) is 10.2. The number of hydrogen-bond acceptors (Lipinski definition) is 7. The highest BCUT2D eigenvalue weighted by molar-refractivity contribution is 5.98. The Bertz CT molecular complexity index is 1080. The summed E-state index contributed by atoms with van der Waals surface area (Å²) < 4.78 is 5.28. The van der Waals surface area contributed by atoms with E-state index in [1.165, 1.54) is 0 Å². The Morgan fingerprint density at radius 2 is 1.97 bits per heavy atom. The minimum Gasteiger partial charge on any atom is -0.497 e. The number of amides is 1. The molecular formula is C23H26N6O2. The summed E-state index contributed by atoms with van der Waals surface area (Å²) in [5, 5.41) is 0. The summed E-state index contributed by atoms with van der Waals surface area (Å²) in [5.41, 5.74) is 9.28. The number of aromatic nitrogens is 3. The van der Waals surface area contributed by atoms with Gasteiger partial charge in [-0.25, -0.2) is 15.0 Å². The van der Waals surface area contributed by atoms with E-state index in [4.69, 9.17) is 15.5 Å². The maximum atomic E-state index is 13.0. The third kappa shape index (κ3) is 4.14. The van der Waals surface area contributed by atoms with Gasteiger partial charge >= 0.3 is 0 Å². The van der Waals surface area contributed by atoms with Gasteiger partial charge < -0.3 is 20.3 Å². The van der Waals surface area contributed by atoms with Crippen LogP contribution in [0.2, 0.25) is 0 Å². The van der Waals surface area contributed by atoms with Crippen molar-refractivity contribution < 1.29 is 9.53 Å². The van der Waals surface area contributed by atoms with E-state index >= 15 is 0 Å². The lowest BCUT2D eigenvalue weighted by Crippen LogP contribution is -2.29. The van der Waals surface area contributed by atoms with Crippen LogP contribution in [0.15, 0.2) is 48.8 Å². The summed E-state index contributed by atoms with van der Waals surface area (Å²) in [7, 11) is 5.48. The van der Waals surface area contributed by atoms with Crippen LogP contribution in [0.1, 0.15) is 28.4 Å². The highest BCUT2D eigenvalue weighted by atomic mass is 16.5. The van der Waals surface area contributed by atoms with E-state index in [9.17, 15) is 4.79 Å². The zero-order valence-corrected chi connectivity index (χ0v) is 17.9. The Balaban J connectivity index is 1.65. The lowest BCUT2D eigenvalue weighted by Gasteiger charge is -2.20. The molecule has 1 aromatic carbocycles. The molecule has 1 aliphatic rings. The Morgan fingerprint density at radius 3 is 2.65 bits per heavy atom. The molecule has 1 atom stereocenters. The van der Waals surface area contributed by atoms with Gasteiger partial charge in [0.25, 0.3) is 5.91 Å². The second kappa shape index (κ2) is 8.59. The minimum atomic E-state index is -0.0963. The van der Waals surface area contributed by atoms with Crippen LogP contribution in [0.3, 0.4) is 0 Å². The van der Waals surface area contributed by atoms with Crippen molar-refractivity contribution in [1.82, 2.24) is 19.9 Å². The van der Waals surface area contributed by atoms with Gasteiger partial charge in [0.1, 0.15) is 11.6 Å². The predicted octanol–water partition coefficient (Wildman–Crippen LogP) is 2.83. The standard InChI is InChI=1S/C23H26N6O2/c1-28(2)23-26-13-19(15-6-8-17(31-3)9-7-15)20(27-23)16-10-12-29(14-16)22(30)18-5-4-11-25-21(18)24/h4-9,11,13,16H,10,12,14H2,1-3H3,(H2,24,25). The van der Waals surface area contributed by atoms with Crippen LogP contribution in [-0.2, 0) is 0 Å². The number of nitrogens with zero attached hydrogens (tertiary/aromatic N) is 5. The third-order valence-electron chi connectivity index (χ3n) is 5.54. The molecule has 1 unspecified atom stereocenters. The van der Waals surface area contributed by atoms with Gasteiger partial charge in [-0.1, -0.05) is 12.1 Å². The van der Waals surface area contributed by atoms with Gasteiger partial charge in [0, 0.05) is 51.1 Å². The number of methoxy groups -OCH3 is 1.